The van der Waals surface area contributed by atoms with Crippen molar-refractivity contribution < 1.29 is 19.2 Å². The third-order valence-electron chi connectivity index (χ3n) is 4.50. The van der Waals surface area contributed by atoms with E-state index in [1.807, 2.05) is 24.3 Å². The van der Waals surface area contributed by atoms with Gasteiger partial charge in [0.25, 0.3) is 5.91 Å². The van der Waals surface area contributed by atoms with Gasteiger partial charge in [0.05, 0.1) is 18.1 Å². The Labute approximate surface area is 163 Å². The van der Waals surface area contributed by atoms with Crippen molar-refractivity contribution in [3.05, 3.63) is 58.1 Å². The quantitative estimate of drug-likeness (QED) is 0.606. The Kier molecular flexibility index (Phi) is 6.10. The minimum atomic E-state index is -0.889. The van der Waals surface area contributed by atoms with E-state index >= 15 is 0 Å². The highest BCUT2D eigenvalue weighted by molar-refractivity contribution is 5.94. The highest BCUT2D eigenvalue weighted by Crippen LogP contribution is 2.29. The number of ether oxygens (including phenoxy) is 2. The van der Waals surface area contributed by atoms with Crippen LogP contribution in [-0.2, 0) is 9.53 Å². The molecule has 28 heavy (non-hydrogen) atoms. The average Bonchev–Trinajstić information content (AvgIpc) is 2.70. The Morgan fingerprint density at radius 1 is 1.21 bits per heavy atom. The van der Waals surface area contributed by atoms with E-state index in [4.69, 9.17) is 9.47 Å². The molecule has 148 valence electrons. The van der Waals surface area contributed by atoms with Crippen molar-refractivity contribution in [3.63, 3.8) is 0 Å². The fraction of sp³-hybridized carbons (Fsp3) is 0.350. The SMILES string of the molecule is Cc1ccc(O[C@@H](C)C(=O)Nc2ccc(N3CCOCC3)cc2)c([N+](=O)[O-])c1. The molecule has 1 heterocycles. The first kappa shape index (κ1) is 19.6. The maximum Gasteiger partial charge on any atom is 0.311 e. The molecule has 0 aromatic heterocycles. The van der Waals surface area contributed by atoms with Crippen LogP contribution in [-0.4, -0.2) is 43.2 Å². The molecule has 8 nitrogen and oxygen atoms in total. The number of carbonyl (C=O) groups is 1. The molecule has 3 rings (SSSR count). The highest BCUT2D eigenvalue weighted by atomic mass is 16.6. The first-order valence-electron chi connectivity index (χ1n) is 9.09. The lowest BCUT2D eigenvalue weighted by Gasteiger charge is -2.29. The molecule has 8 heteroatoms. The van der Waals surface area contributed by atoms with Crippen LogP contribution in [0.3, 0.4) is 0 Å². The van der Waals surface area contributed by atoms with Gasteiger partial charge in [-0.2, -0.15) is 0 Å². The van der Waals surface area contributed by atoms with Crippen LogP contribution in [0.15, 0.2) is 42.5 Å². The van der Waals surface area contributed by atoms with Crippen LogP contribution in [0.5, 0.6) is 5.75 Å². The van der Waals surface area contributed by atoms with Crippen molar-refractivity contribution in [2.45, 2.75) is 20.0 Å². The molecular formula is C20H23N3O5. The second-order valence-electron chi connectivity index (χ2n) is 6.62. The first-order valence-corrected chi connectivity index (χ1v) is 9.09. The second kappa shape index (κ2) is 8.71. The van der Waals surface area contributed by atoms with Gasteiger partial charge in [-0.05, 0) is 49.7 Å². The lowest BCUT2D eigenvalue weighted by molar-refractivity contribution is -0.386. The number of aryl methyl sites for hydroxylation is 1. The van der Waals surface area contributed by atoms with Crippen molar-refractivity contribution >= 4 is 23.0 Å². The number of nitrogens with one attached hydrogen (secondary N) is 1. The lowest BCUT2D eigenvalue weighted by atomic mass is 10.2. The standard InChI is InChI=1S/C20H23N3O5/c1-14-3-8-19(18(13-14)23(25)26)28-15(2)20(24)21-16-4-6-17(7-5-16)22-9-11-27-12-10-22/h3-8,13,15H,9-12H2,1-2H3,(H,21,24)/t15-/m0/s1. The zero-order valence-corrected chi connectivity index (χ0v) is 15.9. The molecule has 1 aliphatic rings. The molecule has 0 unspecified atom stereocenters. The van der Waals surface area contributed by atoms with Crippen molar-refractivity contribution in [1.82, 2.24) is 0 Å². The highest BCUT2D eigenvalue weighted by Gasteiger charge is 2.21. The van der Waals surface area contributed by atoms with Crippen LogP contribution in [0.25, 0.3) is 0 Å². The predicted molar refractivity (Wildman–Crippen MR) is 106 cm³/mol. The Hall–Kier alpha value is -3.13. The summed E-state index contributed by atoms with van der Waals surface area (Å²) < 4.78 is 10.9. The molecule has 1 amide bonds. The van der Waals surface area contributed by atoms with Gasteiger partial charge in [-0.3, -0.25) is 14.9 Å². The van der Waals surface area contributed by atoms with Crippen molar-refractivity contribution in [1.29, 1.82) is 0 Å². The normalized spacial score (nSPS) is 15.0. The van der Waals surface area contributed by atoms with Gasteiger partial charge in [0.2, 0.25) is 0 Å². The summed E-state index contributed by atoms with van der Waals surface area (Å²) >= 11 is 0. The number of rotatable bonds is 6. The lowest BCUT2D eigenvalue weighted by Crippen LogP contribution is -2.36. The van der Waals surface area contributed by atoms with E-state index in [0.717, 1.165) is 24.3 Å². The number of hydrogen-bond donors (Lipinski definition) is 1. The fourth-order valence-electron chi connectivity index (χ4n) is 2.93. The number of nitrogens with zero attached hydrogens (tertiary/aromatic N) is 2. The third-order valence-corrected chi connectivity index (χ3v) is 4.50. The maximum absolute atomic E-state index is 12.4. The molecular weight excluding hydrogens is 362 g/mol. The second-order valence-corrected chi connectivity index (χ2v) is 6.62. The van der Waals surface area contributed by atoms with Crippen LogP contribution in [0.2, 0.25) is 0 Å². The number of nitro benzene ring substituents is 1. The van der Waals surface area contributed by atoms with Crippen LogP contribution in [0, 0.1) is 17.0 Å². The summed E-state index contributed by atoms with van der Waals surface area (Å²) in [4.78, 5) is 25.3. The summed E-state index contributed by atoms with van der Waals surface area (Å²) in [6.45, 7) is 6.41. The van der Waals surface area contributed by atoms with Crippen molar-refractivity contribution in [2.24, 2.45) is 0 Å². The van der Waals surface area contributed by atoms with Crippen molar-refractivity contribution in [3.8, 4) is 5.75 Å². The minimum absolute atomic E-state index is 0.0703. The summed E-state index contributed by atoms with van der Waals surface area (Å²) in [6, 6.07) is 12.2. The van der Waals surface area contributed by atoms with E-state index in [-0.39, 0.29) is 17.3 Å². The molecule has 2 aromatic carbocycles. The number of carbonyl (C=O) groups excluding carboxylic acids is 1. The zero-order chi connectivity index (χ0) is 20.1. The molecule has 0 saturated carbocycles. The Morgan fingerprint density at radius 3 is 2.54 bits per heavy atom. The van der Waals surface area contributed by atoms with Crippen LogP contribution >= 0.6 is 0 Å². The topological polar surface area (TPSA) is 93.9 Å². The van der Waals surface area contributed by atoms with Gasteiger partial charge in [-0.15, -0.1) is 0 Å². The van der Waals surface area contributed by atoms with Gasteiger partial charge in [-0.1, -0.05) is 6.07 Å². The van der Waals surface area contributed by atoms with E-state index in [1.165, 1.54) is 12.1 Å². The van der Waals surface area contributed by atoms with Gasteiger partial charge in [0, 0.05) is 30.5 Å². The number of amides is 1. The predicted octanol–water partition coefficient (Wildman–Crippen LogP) is 3.15. The van der Waals surface area contributed by atoms with Crippen LogP contribution in [0.1, 0.15) is 12.5 Å². The van der Waals surface area contributed by atoms with E-state index in [2.05, 4.69) is 10.2 Å². The zero-order valence-electron chi connectivity index (χ0n) is 15.9. The van der Waals surface area contributed by atoms with Crippen LogP contribution in [0.4, 0.5) is 17.1 Å². The number of anilines is 2. The van der Waals surface area contributed by atoms with Crippen molar-refractivity contribution in [2.75, 3.05) is 36.5 Å². The van der Waals surface area contributed by atoms with E-state index in [9.17, 15) is 14.9 Å². The summed E-state index contributed by atoms with van der Waals surface area (Å²) in [6.07, 6.45) is -0.889. The summed E-state index contributed by atoms with van der Waals surface area (Å²) in [5.74, 6) is -0.310. The molecule has 1 fully saturated rings. The summed E-state index contributed by atoms with van der Waals surface area (Å²) in [5.41, 5.74) is 2.29. The summed E-state index contributed by atoms with van der Waals surface area (Å²) in [7, 11) is 0. The van der Waals surface area contributed by atoms with Gasteiger partial charge in [0.15, 0.2) is 11.9 Å². The maximum atomic E-state index is 12.4. The average molecular weight is 385 g/mol. The molecule has 1 aliphatic heterocycles. The monoisotopic (exact) mass is 385 g/mol. The largest absolute Gasteiger partial charge is 0.474 e. The molecule has 1 N–H and O–H groups in total. The molecule has 0 spiro atoms. The number of benzene rings is 2. The molecule has 0 radical (unpaired) electrons. The molecule has 0 bridgehead atoms. The Morgan fingerprint density at radius 2 is 1.89 bits per heavy atom. The third kappa shape index (κ3) is 4.77. The number of morpholine rings is 1. The Bertz CT molecular complexity index is 847. The summed E-state index contributed by atoms with van der Waals surface area (Å²) in [5, 5.41) is 14.0. The van der Waals surface area contributed by atoms with E-state index in [1.54, 1.807) is 19.9 Å². The molecule has 1 saturated heterocycles. The van der Waals surface area contributed by atoms with Gasteiger partial charge in [-0.25, -0.2) is 0 Å². The molecule has 1 atom stereocenters. The van der Waals surface area contributed by atoms with Crippen LogP contribution < -0.4 is 15.0 Å². The fourth-order valence-corrected chi connectivity index (χ4v) is 2.93. The molecule has 0 aliphatic carbocycles. The minimum Gasteiger partial charge on any atom is -0.474 e. The molecule has 2 aromatic rings. The van der Waals surface area contributed by atoms with Gasteiger partial charge in [0.1, 0.15) is 0 Å². The van der Waals surface area contributed by atoms with Gasteiger partial charge >= 0.3 is 5.69 Å². The first-order chi connectivity index (χ1) is 13.4. The van der Waals surface area contributed by atoms with E-state index < -0.39 is 11.0 Å². The Balaban J connectivity index is 1.62. The smallest absolute Gasteiger partial charge is 0.311 e. The number of nitro groups is 1. The van der Waals surface area contributed by atoms with E-state index in [0.29, 0.717) is 18.9 Å². The van der Waals surface area contributed by atoms with Gasteiger partial charge < -0.3 is 19.7 Å². The number of hydrogen-bond acceptors (Lipinski definition) is 6.